The van der Waals surface area contributed by atoms with Gasteiger partial charge < -0.3 is 9.47 Å². The van der Waals surface area contributed by atoms with E-state index in [1.807, 2.05) is 20.8 Å². The second-order valence-electron chi connectivity index (χ2n) is 5.98. The van der Waals surface area contributed by atoms with E-state index < -0.39 is 11.6 Å². The van der Waals surface area contributed by atoms with Crippen LogP contribution in [0.2, 0.25) is 0 Å². The van der Waals surface area contributed by atoms with Crippen molar-refractivity contribution < 1.29 is 19.1 Å². The van der Waals surface area contributed by atoms with Gasteiger partial charge in [0.05, 0.1) is 5.92 Å². The Hall–Kier alpha value is -1.06. The Morgan fingerprint density at radius 3 is 2.37 bits per heavy atom. The van der Waals surface area contributed by atoms with Crippen LogP contribution in [0.3, 0.4) is 0 Å². The Kier molecular flexibility index (Phi) is 5.83. The molecule has 0 N–H and O–H groups in total. The minimum Gasteiger partial charge on any atom is -0.457 e. The molecular weight excluding hydrogens is 244 g/mol. The summed E-state index contributed by atoms with van der Waals surface area (Å²) in [4.78, 5) is 23.2. The second-order valence-corrected chi connectivity index (χ2v) is 5.98. The Morgan fingerprint density at radius 1 is 1.26 bits per heavy atom. The molecule has 0 amide bonds. The molecule has 1 atom stereocenters. The van der Waals surface area contributed by atoms with Crippen molar-refractivity contribution in [1.29, 1.82) is 0 Å². The van der Waals surface area contributed by atoms with Crippen molar-refractivity contribution in [2.24, 2.45) is 11.8 Å². The lowest BCUT2D eigenvalue weighted by molar-refractivity contribution is -0.172. The number of esters is 2. The first-order valence-corrected chi connectivity index (χ1v) is 7.25. The molecule has 0 aromatic carbocycles. The fraction of sp³-hybridized carbons (Fsp3) is 0.867. The van der Waals surface area contributed by atoms with Crippen molar-refractivity contribution >= 4 is 11.9 Å². The van der Waals surface area contributed by atoms with E-state index in [2.05, 4.69) is 0 Å². The average Bonchev–Trinajstić information content (AvgIpc) is 2.88. The molecule has 1 rings (SSSR count). The number of hydrogen-bond acceptors (Lipinski definition) is 4. The molecule has 0 aromatic heterocycles. The van der Waals surface area contributed by atoms with Gasteiger partial charge in [-0.2, -0.15) is 0 Å². The van der Waals surface area contributed by atoms with Gasteiger partial charge in [0.25, 0.3) is 0 Å². The first-order chi connectivity index (χ1) is 8.86. The van der Waals surface area contributed by atoms with Crippen molar-refractivity contribution in [2.45, 2.75) is 65.4 Å². The molecule has 1 aliphatic rings. The van der Waals surface area contributed by atoms with E-state index in [4.69, 9.17) is 9.47 Å². The minimum absolute atomic E-state index is 0.171. The Balaban J connectivity index is 2.36. The highest BCUT2D eigenvalue weighted by atomic mass is 16.6. The second kappa shape index (κ2) is 6.92. The van der Waals surface area contributed by atoms with E-state index >= 15 is 0 Å². The molecule has 1 saturated carbocycles. The molecule has 1 fully saturated rings. The average molecular weight is 270 g/mol. The molecule has 1 aliphatic carbocycles. The standard InChI is InChI=1S/C15H26O4/c1-5-11(2)14(17)18-10-13(16)19-15(3,4)12-8-6-7-9-12/h11-12H,5-10H2,1-4H3. The Labute approximate surface area is 115 Å². The van der Waals surface area contributed by atoms with Gasteiger partial charge in [-0.3, -0.25) is 4.79 Å². The van der Waals surface area contributed by atoms with E-state index in [-0.39, 0.29) is 18.5 Å². The summed E-state index contributed by atoms with van der Waals surface area (Å²) in [6.07, 6.45) is 5.32. The molecular formula is C15H26O4. The van der Waals surface area contributed by atoms with Crippen LogP contribution in [0.15, 0.2) is 0 Å². The molecule has 4 nitrogen and oxygen atoms in total. The largest absolute Gasteiger partial charge is 0.457 e. The molecule has 1 unspecified atom stereocenters. The van der Waals surface area contributed by atoms with Crippen LogP contribution >= 0.6 is 0 Å². The fourth-order valence-corrected chi connectivity index (χ4v) is 2.47. The lowest BCUT2D eigenvalue weighted by Gasteiger charge is -2.31. The molecule has 110 valence electrons. The first-order valence-electron chi connectivity index (χ1n) is 7.25. The van der Waals surface area contributed by atoms with E-state index in [0.717, 1.165) is 12.8 Å². The highest BCUT2D eigenvalue weighted by Crippen LogP contribution is 2.36. The van der Waals surface area contributed by atoms with Crippen LogP contribution in [0.25, 0.3) is 0 Å². The maximum Gasteiger partial charge on any atom is 0.344 e. The quantitative estimate of drug-likeness (QED) is 0.696. The summed E-state index contributed by atoms with van der Waals surface area (Å²) in [6, 6.07) is 0. The number of carbonyl (C=O) groups excluding carboxylic acids is 2. The molecule has 19 heavy (non-hydrogen) atoms. The van der Waals surface area contributed by atoms with Crippen LogP contribution in [0.1, 0.15) is 59.8 Å². The molecule has 4 heteroatoms. The lowest BCUT2D eigenvalue weighted by Crippen LogP contribution is -2.37. The van der Waals surface area contributed by atoms with Crippen molar-refractivity contribution in [2.75, 3.05) is 6.61 Å². The van der Waals surface area contributed by atoms with E-state index in [0.29, 0.717) is 12.3 Å². The van der Waals surface area contributed by atoms with Gasteiger partial charge in [0.15, 0.2) is 6.61 Å². The highest BCUT2D eigenvalue weighted by Gasteiger charge is 2.35. The Bertz CT molecular complexity index is 316. The molecule has 0 heterocycles. The zero-order chi connectivity index (χ0) is 14.5. The zero-order valence-corrected chi connectivity index (χ0v) is 12.5. The first kappa shape index (κ1) is 16.0. The van der Waals surface area contributed by atoms with E-state index in [9.17, 15) is 9.59 Å². The molecule has 0 aliphatic heterocycles. The van der Waals surface area contributed by atoms with Gasteiger partial charge in [-0.1, -0.05) is 26.7 Å². The van der Waals surface area contributed by atoms with Gasteiger partial charge in [0, 0.05) is 0 Å². The van der Waals surface area contributed by atoms with Crippen LogP contribution in [0.4, 0.5) is 0 Å². The number of ether oxygens (including phenoxy) is 2. The monoisotopic (exact) mass is 270 g/mol. The number of rotatable bonds is 6. The molecule has 0 radical (unpaired) electrons. The zero-order valence-electron chi connectivity index (χ0n) is 12.5. The summed E-state index contributed by atoms with van der Waals surface area (Å²) in [5.41, 5.74) is -0.462. The van der Waals surface area contributed by atoms with Crippen molar-refractivity contribution in [3.05, 3.63) is 0 Å². The summed E-state index contributed by atoms with van der Waals surface area (Å²) in [6.45, 7) is 7.30. The van der Waals surface area contributed by atoms with Gasteiger partial charge in [-0.25, -0.2) is 4.79 Å². The van der Waals surface area contributed by atoms with Crippen LogP contribution in [0, 0.1) is 11.8 Å². The molecule has 0 bridgehead atoms. The van der Waals surface area contributed by atoms with Gasteiger partial charge >= 0.3 is 11.9 Å². The lowest BCUT2D eigenvalue weighted by atomic mass is 9.89. The van der Waals surface area contributed by atoms with Gasteiger partial charge in [0.2, 0.25) is 0 Å². The van der Waals surface area contributed by atoms with Gasteiger partial charge in [-0.15, -0.1) is 0 Å². The normalized spacial score (nSPS) is 18.1. The predicted octanol–water partition coefficient (Wildman–Crippen LogP) is 3.09. The third kappa shape index (κ3) is 4.84. The van der Waals surface area contributed by atoms with Crippen LogP contribution in [-0.2, 0) is 19.1 Å². The van der Waals surface area contributed by atoms with E-state index in [1.54, 1.807) is 6.92 Å². The fourth-order valence-electron chi connectivity index (χ4n) is 2.47. The summed E-state index contributed by atoms with van der Waals surface area (Å²) in [5, 5.41) is 0. The molecule has 0 aromatic rings. The van der Waals surface area contributed by atoms with Crippen molar-refractivity contribution in [1.82, 2.24) is 0 Å². The smallest absolute Gasteiger partial charge is 0.344 e. The summed E-state index contributed by atoms with van der Waals surface area (Å²) < 4.78 is 10.4. The predicted molar refractivity (Wildman–Crippen MR) is 72.5 cm³/mol. The molecule has 0 spiro atoms. The minimum atomic E-state index is -0.462. The summed E-state index contributed by atoms with van der Waals surface area (Å²) >= 11 is 0. The topological polar surface area (TPSA) is 52.6 Å². The van der Waals surface area contributed by atoms with Gasteiger partial charge in [0.1, 0.15) is 5.60 Å². The van der Waals surface area contributed by atoms with Crippen LogP contribution in [0.5, 0.6) is 0 Å². The van der Waals surface area contributed by atoms with Crippen molar-refractivity contribution in [3.8, 4) is 0 Å². The third-order valence-electron chi connectivity index (χ3n) is 4.06. The van der Waals surface area contributed by atoms with Crippen LogP contribution < -0.4 is 0 Å². The number of carbonyl (C=O) groups is 2. The maximum absolute atomic E-state index is 11.7. The van der Waals surface area contributed by atoms with Crippen LogP contribution in [-0.4, -0.2) is 24.1 Å². The van der Waals surface area contributed by atoms with Gasteiger partial charge in [-0.05, 0) is 39.0 Å². The summed E-state index contributed by atoms with van der Waals surface area (Å²) in [5.74, 6) is -0.538. The number of hydrogen-bond donors (Lipinski definition) is 0. The Morgan fingerprint density at radius 2 is 1.84 bits per heavy atom. The third-order valence-corrected chi connectivity index (χ3v) is 4.06. The van der Waals surface area contributed by atoms with Crippen molar-refractivity contribution in [3.63, 3.8) is 0 Å². The SMILES string of the molecule is CCC(C)C(=O)OCC(=O)OC(C)(C)C1CCCC1. The highest BCUT2D eigenvalue weighted by molar-refractivity contribution is 5.77. The van der Waals surface area contributed by atoms with E-state index in [1.165, 1.54) is 12.8 Å². The maximum atomic E-state index is 11.7. The molecule has 0 saturated heterocycles. The summed E-state index contributed by atoms with van der Waals surface area (Å²) in [7, 11) is 0.